The lowest BCUT2D eigenvalue weighted by atomic mass is 10.2. The van der Waals surface area contributed by atoms with Crippen molar-refractivity contribution in [3.8, 4) is 0 Å². The Balaban J connectivity index is 1.83. The molecule has 0 amide bonds. The second-order valence-corrected chi connectivity index (χ2v) is 4.37. The average Bonchev–Trinajstić information content (AvgIpc) is 3.08. The van der Waals surface area contributed by atoms with E-state index in [0.29, 0.717) is 5.82 Å². The number of pyridine rings is 1. The molecule has 1 saturated carbocycles. The molecule has 6 heteroatoms. The molecule has 0 saturated heterocycles. The molecule has 0 aliphatic heterocycles. The molecule has 0 unspecified atom stereocenters. The van der Waals surface area contributed by atoms with E-state index < -0.39 is 4.92 Å². The highest BCUT2D eigenvalue weighted by molar-refractivity contribution is 5.57. The van der Waals surface area contributed by atoms with E-state index in [1.807, 2.05) is 0 Å². The maximum Gasteiger partial charge on any atom is 0.311 e. The van der Waals surface area contributed by atoms with Gasteiger partial charge in [-0.1, -0.05) is 12.8 Å². The van der Waals surface area contributed by atoms with E-state index in [1.54, 1.807) is 6.07 Å². The molecule has 1 fully saturated rings. The Morgan fingerprint density at radius 1 is 1.53 bits per heavy atom. The first-order chi connectivity index (χ1) is 8.16. The monoisotopic (exact) mass is 236 g/mol. The van der Waals surface area contributed by atoms with E-state index >= 15 is 0 Å². The molecule has 0 radical (unpaired) electrons. The lowest BCUT2D eigenvalue weighted by Crippen LogP contribution is -2.06. The minimum atomic E-state index is -0.529. The number of nitrogens with two attached hydrogens (primary N) is 1. The molecule has 2 rings (SSSR count). The third-order valence-corrected chi connectivity index (χ3v) is 2.89. The van der Waals surface area contributed by atoms with Crippen LogP contribution in [0.25, 0.3) is 0 Å². The quantitative estimate of drug-likeness (QED) is 0.448. The molecule has 0 aromatic carbocycles. The Hall–Kier alpha value is -1.85. The Morgan fingerprint density at radius 2 is 2.29 bits per heavy atom. The summed E-state index contributed by atoms with van der Waals surface area (Å²) < 4.78 is 0. The van der Waals surface area contributed by atoms with Gasteiger partial charge in [0.15, 0.2) is 0 Å². The summed E-state index contributed by atoms with van der Waals surface area (Å²) in [6, 6.07) is 2.97. The molecule has 1 heterocycles. The van der Waals surface area contributed by atoms with Gasteiger partial charge in [0.2, 0.25) is 5.82 Å². The molecule has 92 valence electrons. The summed E-state index contributed by atoms with van der Waals surface area (Å²) in [6.45, 7) is 0.834. The van der Waals surface area contributed by atoms with Crippen molar-refractivity contribution < 1.29 is 4.92 Å². The summed E-state index contributed by atoms with van der Waals surface area (Å²) in [4.78, 5) is 14.0. The first-order valence-corrected chi connectivity index (χ1v) is 5.81. The minimum Gasteiger partial charge on any atom is -0.378 e. The van der Waals surface area contributed by atoms with E-state index in [4.69, 9.17) is 5.73 Å². The van der Waals surface area contributed by atoms with Crippen molar-refractivity contribution in [3.05, 3.63) is 22.2 Å². The minimum absolute atomic E-state index is 0.0396. The summed E-state index contributed by atoms with van der Waals surface area (Å²) in [5, 5.41) is 13.7. The average molecular weight is 236 g/mol. The Labute approximate surface area is 99.4 Å². The normalized spacial score (nSPS) is 14.6. The first-order valence-electron chi connectivity index (χ1n) is 5.81. The van der Waals surface area contributed by atoms with Crippen LogP contribution in [-0.2, 0) is 0 Å². The predicted molar refractivity (Wildman–Crippen MR) is 65.8 cm³/mol. The number of nitro groups is 1. The maximum absolute atomic E-state index is 10.5. The van der Waals surface area contributed by atoms with Gasteiger partial charge in [0.1, 0.15) is 5.82 Å². The number of aromatic nitrogens is 1. The summed E-state index contributed by atoms with van der Waals surface area (Å²) >= 11 is 0. The fourth-order valence-corrected chi connectivity index (χ4v) is 1.73. The highest BCUT2D eigenvalue weighted by Crippen LogP contribution is 2.33. The second-order valence-electron chi connectivity index (χ2n) is 4.37. The lowest BCUT2D eigenvalue weighted by Gasteiger charge is -2.05. The highest BCUT2D eigenvalue weighted by atomic mass is 16.6. The number of nitrogens with zero attached hydrogens (tertiary/aromatic N) is 2. The van der Waals surface area contributed by atoms with Gasteiger partial charge in [0.05, 0.1) is 4.92 Å². The van der Waals surface area contributed by atoms with Crippen molar-refractivity contribution in [1.82, 2.24) is 4.98 Å². The zero-order chi connectivity index (χ0) is 12.3. The van der Waals surface area contributed by atoms with Gasteiger partial charge in [-0.25, -0.2) is 4.98 Å². The molecular weight excluding hydrogens is 220 g/mol. The fraction of sp³-hybridized carbons (Fsp3) is 0.545. The second kappa shape index (κ2) is 4.99. The zero-order valence-electron chi connectivity index (χ0n) is 9.56. The largest absolute Gasteiger partial charge is 0.378 e. The van der Waals surface area contributed by atoms with Crippen LogP contribution in [0.2, 0.25) is 0 Å². The van der Waals surface area contributed by atoms with E-state index in [0.717, 1.165) is 18.9 Å². The lowest BCUT2D eigenvalue weighted by molar-refractivity contribution is -0.384. The molecular formula is C11H16N4O2. The number of nitrogens with one attached hydrogen (secondary N) is 1. The van der Waals surface area contributed by atoms with Crippen LogP contribution in [0.5, 0.6) is 0 Å². The van der Waals surface area contributed by atoms with Crippen molar-refractivity contribution in [2.75, 3.05) is 17.6 Å². The van der Waals surface area contributed by atoms with Crippen LogP contribution < -0.4 is 11.1 Å². The molecule has 0 bridgehead atoms. The maximum atomic E-state index is 10.5. The molecule has 1 aliphatic rings. The molecule has 17 heavy (non-hydrogen) atoms. The van der Waals surface area contributed by atoms with E-state index in [9.17, 15) is 10.1 Å². The number of rotatable bonds is 6. The fourth-order valence-electron chi connectivity index (χ4n) is 1.73. The Bertz CT molecular complexity index is 418. The van der Waals surface area contributed by atoms with Gasteiger partial charge in [-0.15, -0.1) is 0 Å². The van der Waals surface area contributed by atoms with Crippen molar-refractivity contribution in [3.63, 3.8) is 0 Å². The van der Waals surface area contributed by atoms with Gasteiger partial charge in [0.25, 0.3) is 0 Å². The van der Waals surface area contributed by atoms with Crippen LogP contribution in [0.15, 0.2) is 12.1 Å². The van der Waals surface area contributed by atoms with Crippen molar-refractivity contribution in [1.29, 1.82) is 0 Å². The number of hydrogen-bond acceptors (Lipinski definition) is 5. The van der Waals surface area contributed by atoms with Crippen LogP contribution in [0, 0.1) is 16.0 Å². The Morgan fingerprint density at radius 3 is 2.88 bits per heavy atom. The van der Waals surface area contributed by atoms with Gasteiger partial charge >= 0.3 is 5.69 Å². The first kappa shape index (κ1) is 11.6. The summed E-state index contributed by atoms with van der Waals surface area (Å²) in [5.74, 6) is 1.48. The topological polar surface area (TPSA) is 94.1 Å². The zero-order valence-corrected chi connectivity index (χ0v) is 9.56. The molecule has 6 nitrogen and oxygen atoms in total. The molecule has 3 N–H and O–H groups in total. The summed E-state index contributed by atoms with van der Waals surface area (Å²) in [7, 11) is 0. The summed E-state index contributed by atoms with van der Waals surface area (Å²) in [6.07, 6.45) is 5.07. The summed E-state index contributed by atoms with van der Waals surface area (Å²) in [5.41, 5.74) is 5.35. The van der Waals surface area contributed by atoms with Crippen LogP contribution in [0.1, 0.15) is 25.7 Å². The number of anilines is 2. The van der Waals surface area contributed by atoms with Crippen molar-refractivity contribution in [2.24, 2.45) is 5.92 Å². The van der Waals surface area contributed by atoms with Gasteiger partial charge in [0, 0.05) is 12.6 Å². The third kappa shape index (κ3) is 3.30. The van der Waals surface area contributed by atoms with Crippen molar-refractivity contribution in [2.45, 2.75) is 25.7 Å². The van der Waals surface area contributed by atoms with Gasteiger partial charge in [-0.3, -0.25) is 10.1 Å². The molecule has 1 aliphatic carbocycles. The van der Waals surface area contributed by atoms with E-state index in [2.05, 4.69) is 10.3 Å². The van der Waals surface area contributed by atoms with Crippen molar-refractivity contribution >= 4 is 17.3 Å². The van der Waals surface area contributed by atoms with E-state index in [1.165, 1.54) is 25.3 Å². The van der Waals surface area contributed by atoms with Crippen LogP contribution in [-0.4, -0.2) is 16.5 Å². The standard InChI is InChI=1S/C11H16N4O2/c12-11-9(15(16)17)5-6-10(14-11)13-7-1-2-8-3-4-8/h5-6,8H,1-4,7H2,(H3,12,13,14). The molecule has 0 atom stereocenters. The van der Waals surface area contributed by atoms with Crippen LogP contribution in [0.4, 0.5) is 17.3 Å². The Kier molecular flexibility index (Phi) is 3.41. The number of nitrogen functional groups attached to an aromatic ring is 1. The molecule has 1 aromatic heterocycles. The van der Waals surface area contributed by atoms with Gasteiger partial charge in [-0.2, -0.15) is 0 Å². The SMILES string of the molecule is Nc1nc(NCCCC2CC2)ccc1[N+](=O)[O-]. The number of hydrogen-bond donors (Lipinski definition) is 2. The van der Waals surface area contributed by atoms with Gasteiger partial charge < -0.3 is 11.1 Å². The van der Waals surface area contributed by atoms with Gasteiger partial charge in [-0.05, 0) is 24.8 Å². The van der Waals surface area contributed by atoms with E-state index in [-0.39, 0.29) is 11.5 Å². The predicted octanol–water partition coefficient (Wildman–Crippen LogP) is 2.17. The third-order valence-electron chi connectivity index (χ3n) is 2.89. The van der Waals surface area contributed by atoms with Crippen LogP contribution in [0.3, 0.4) is 0 Å². The van der Waals surface area contributed by atoms with Crippen LogP contribution >= 0.6 is 0 Å². The molecule has 0 spiro atoms. The smallest absolute Gasteiger partial charge is 0.311 e. The highest BCUT2D eigenvalue weighted by Gasteiger charge is 2.20. The molecule has 1 aromatic rings.